The van der Waals surface area contributed by atoms with Crippen LogP contribution in [0.1, 0.15) is 18.4 Å². The third-order valence-electron chi connectivity index (χ3n) is 4.39. The van der Waals surface area contributed by atoms with Crippen LogP contribution in [0.25, 0.3) is 0 Å². The Balaban J connectivity index is 1.57. The van der Waals surface area contributed by atoms with E-state index < -0.39 is 0 Å². The van der Waals surface area contributed by atoms with Gasteiger partial charge in [0.1, 0.15) is 12.4 Å². The normalized spacial score (nSPS) is 14.9. The summed E-state index contributed by atoms with van der Waals surface area (Å²) >= 11 is 0. The second-order valence-corrected chi connectivity index (χ2v) is 6.49. The quantitative estimate of drug-likeness (QED) is 0.827. The first-order chi connectivity index (χ1) is 12.6. The van der Waals surface area contributed by atoms with Gasteiger partial charge in [0, 0.05) is 38.1 Å². The first-order valence-corrected chi connectivity index (χ1v) is 8.84. The van der Waals surface area contributed by atoms with Crippen molar-refractivity contribution >= 4 is 23.4 Å². The molecule has 0 atom stereocenters. The molecule has 1 amide bonds. The van der Waals surface area contributed by atoms with Crippen molar-refractivity contribution in [3.05, 3.63) is 42.1 Å². The first kappa shape index (κ1) is 18.1. The molecule has 0 unspecified atom stereocenters. The van der Waals surface area contributed by atoms with Crippen LogP contribution in [0.2, 0.25) is 0 Å². The zero-order valence-electron chi connectivity index (χ0n) is 15.2. The Labute approximate surface area is 153 Å². The summed E-state index contributed by atoms with van der Waals surface area (Å²) in [5.41, 5.74) is 2.22. The molecular weight excluding hydrogens is 330 g/mol. The Kier molecular flexibility index (Phi) is 6.01. The SMILES string of the molecule is COCC(=O)NC1CCN(c2nccc(Nc3ccc(C)cc3)n2)CC1. The number of carbonyl (C=O) groups is 1. The molecule has 1 fully saturated rings. The molecule has 1 aromatic carbocycles. The zero-order chi connectivity index (χ0) is 18.4. The predicted octanol–water partition coefficient (Wildman–Crippen LogP) is 2.26. The molecule has 1 aliphatic heterocycles. The number of methoxy groups -OCH3 is 1. The van der Waals surface area contributed by atoms with Gasteiger partial charge in [-0.15, -0.1) is 0 Å². The molecule has 0 bridgehead atoms. The van der Waals surface area contributed by atoms with Crippen molar-refractivity contribution in [3.63, 3.8) is 0 Å². The third kappa shape index (κ3) is 4.92. The van der Waals surface area contributed by atoms with Crippen LogP contribution < -0.4 is 15.5 Å². The van der Waals surface area contributed by atoms with Crippen LogP contribution in [-0.2, 0) is 9.53 Å². The van der Waals surface area contributed by atoms with Crippen molar-refractivity contribution in [2.75, 3.05) is 37.0 Å². The number of carbonyl (C=O) groups excluding carboxylic acids is 1. The van der Waals surface area contributed by atoms with Crippen LogP contribution in [0.15, 0.2) is 36.5 Å². The lowest BCUT2D eigenvalue weighted by Crippen LogP contribution is -2.46. The number of nitrogens with one attached hydrogen (secondary N) is 2. The lowest BCUT2D eigenvalue weighted by atomic mass is 10.1. The monoisotopic (exact) mass is 355 g/mol. The topological polar surface area (TPSA) is 79.4 Å². The average Bonchev–Trinajstić information content (AvgIpc) is 2.65. The maximum atomic E-state index is 11.6. The molecule has 1 aromatic heterocycles. The van der Waals surface area contributed by atoms with E-state index in [0.717, 1.165) is 37.4 Å². The molecule has 7 heteroatoms. The van der Waals surface area contributed by atoms with E-state index in [0.29, 0.717) is 5.95 Å². The lowest BCUT2D eigenvalue weighted by Gasteiger charge is -2.32. The second-order valence-electron chi connectivity index (χ2n) is 6.49. The average molecular weight is 355 g/mol. The van der Waals surface area contributed by atoms with Crippen LogP contribution in [-0.4, -0.2) is 48.7 Å². The summed E-state index contributed by atoms with van der Waals surface area (Å²) in [6, 6.07) is 10.2. The molecule has 1 saturated heterocycles. The van der Waals surface area contributed by atoms with Gasteiger partial charge in [0.15, 0.2) is 0 Å². The van der Waals surface area contributed by atoms with Crippen LogP contribution in [0.5, 0.6) is 0 Å². The van der Waals surface area contributed by atoms with E-state index in [-0.39, 0.29) is 18.6 Å². The summed E-state index contributed by atoms with van der Waals surface area (Å²) in [6.45, 7) is 3.79. The minimum atomic E-state index is -0.0634. The van der Waals surface area contributed by atoms with Gasteiger partial charge in [0.2, 0.25) is 11.9 Å². The molecule has 2 aromatic rings. The molecular formula is C19H25N5O2. The van der Waals surface area contributed by atoms with E-state index >= 15 is 0 Å². The van der Waals surface area contributed by atoms with Crippen molar-refractivity contribution in [2.45, 2.75) is 25.8 Å². The van der Waals surface area contributed by atoms with Crippen molar-refractivity contribution in [1.29, 1.82) is 0 Å². The molecule has 2 heterocycles. The Morgan fingerprint density at radius 3 is 2.65 bits per heavy atom. The molecule has 3 rings (SSSR count). The van der Waals surface area contributed by atoms with Gasteiger partial charge in [-0.25, -0.2) is 4.98 Å². The standard InChI is InChI=1S/C19H25N5O2/c1-14-3-5-15(6-4-14)21-17-7-10-20-19(23-17)24-11-8-16(9-12-24)22-18(25)13-26-2/h3-7,10,16H,8-9,11-13H2,1-2H3,(H,22,25)(H,20,21,23). The summed E-state index contributed by atoms with van der Waals surface area (Å²) in [4.78, 5) is 22.8. The number of amides is 1. The van der Waals surface area contributed by atoms with Gasteiger partial charge in [-0.2, -0.15) is 4.98 Å². The number of aryl methyl sites for hydroxylation is 1. The molecule has 0 aliphatic carbocycles. The van der Waals surface area contributed by atoms with Crippen molar-refractivity contribution in [3.8, 4) is 0 Å². The molecule has 2 N–H and O–H groups in total. The number of rotatable bonds is 6. The third-order valence-corrected chi connectivity index (χ3v) is 4.39. The highest BCUT2D eigenvalue weighted by molar-refractivity contribution is 5.77. The van der Waals surface area contributed by atoms with Crippen LogP contribution in [0, 0.1) is 6.92 Å². The van der Waals surface area contributed by atoms with Gasteiger partial charge < -0.3 is 20.3 Å². The number of aromatic nitrogens is 2. The van der Waals surface area contributed by atoms with Crippen molar-refractivity contribution in [1.82, 2.24) is 15.3 Å². The predicted molar refractivity (Wildman–Crippen MR) is 102 cm³/mol. The highest BCUT2D eigenvalue weighted by Crippen LogP contribution is 2.20. The maximum Gasteiger partial charge on any atom is 0.246 e. The van der Waals surface area contributed by atoms with E-state index in [1.54, 1.807) is 6.20 Å². The molecule has 1 aliphatic rings. The smallest absolute Gasteiger partial charge is 0.246 e. The molecule has 0 radical (unpaired) electrons. The summed E-state index contributed by atoms with van der Waals surface area (Å²) in [7, 11) is 1.52. The summed E-state index contributed by atoms with van der Waals surface area (Å²) < 4.78 is 4.85. The Bertz CT molecular complexity index is 727. The fraction of sp³-hybridized carbons (Fsp3) is 0.421. The summed E-state index contributed by atoms with van der Waals surface area (Å²) in [5.74, 6) is 1.42. The summed E-state index contributed by atoms with van der Waals surface area (Å²) in [5, 5.41) is 6.31. The van der Waals surface area contributed by atoms with E-state index in [9.17, 15) is 4.79 Å². The highest BCUT2D eigenvalue weighted by atomic mass is 16.5. The van der Waals surface area contributed by atoms with E-state index in [1.165, 1.54) is 12.7 Å². The minimum Gasteiger partial charge on any atom is -0.375 e. The number of nitrogens with zero attached hydrogens (tertiary/aromatic N) is 3. The van der Waals surface area contributed by atoms with E-state index in [2.05, 4.69) is 44.6 Å². The van der Waals surface area contributed by atoms with Gasteiger partial charge in [-0.1, -0.05) is 17.7 Å². The largest absolute Gasteiger partial charge is 0.375 e. The molecule has 7 nitrogen and oxygen atoms in total. The molecule has 138 valence electrons. The fourth-order valence-corrected chi connectivity index (χ4v) is 2.98. The summed E-state index contributed by atoms with van der Waals surface area (Å²) in [6.07, 6.45) is 3.51. The Morgan fingerprint density at radius 2 is 1.96 bits per heavy atom. The van der Waals surface area contributed by atoms with Gasteiger partial charge in [0.25, 0.3) is 0 Å². The number of anilines is 3. The van der Waals surface area contributed by atoms with Gasteiger partial charge >= 0.3 is 0 Å². The molecule has 26 heavy (non-hydrogen) atoms. The highest BCUT2D eigenvalue weighted by Gasteiger charge is 2.22. The Morgan fingerprint density at radius 1 is 1.23 bits per heavy atom. The molecule has 0 spiro atoms. The number of hydrogen-bond donors (Lipinski definition) is 2. The maximum absolute atomic E-state index is 11.6. The van der Waals surface area contributed by atoms with Crippen LogP contribution in [0.4, 0.5) is 17.5 Å². The van der Waals surface area contributed by atoms with Gasteiger partial charge in [-0.05, 0) is 38.0 Å². The molecule has 0 saturated carbocycles. The second kappa shape index (κ2) is 8.62. The van der Waals surface area contributed by atoms with E-state index in [1.807, 2.05) is 18.2 Å². The van der Waals surface area contributed by atoms with E-state index in [4.69, 9.17) is 4.74 Å². The Hall–Kier alpha value is -2.67. The number of ether oxygens (including phenoxy) is 1. The van der Waals surface area contributed by atoms with Crippen molar-refractivity contribution in [2.24, 2.45) is 0 Å². The van der Waals surface area contributed by atoms with Crippen molar-refractivity contribution < 1.29 is 9.53 Å². The van der Waals surface area contributed by atoms with Crippen LogP contribution in [0.3, 0.4) is 0 Å². The lowest BCUT2D eigenvalue weighted by molar-refractivity contribution is -0.125. The number of piperidine rings is 1. The zero-order valence-corrected chi connectivity index (χ0v) is 15.2. The van der Waals surface area contributed by atoms with Gasteiger partial charge in [0.05, 0.1) is 0 Å². The minimum absolute atomic E-state index is 0.0634. The number of benzene rings is 1. The van der Waals surface area contributed by atoms with Gasteiger partial charge in [-0.3, -0.25) is 4.79 Å². The number of hydrogen-bond acceptors (Lipinski definition) is 6. The first-order valence-electron chi connectivity index (χ1n) is 8.84. The van der Waals surface area contributed by atoms with Crippen LogP contribution >= 0.6 is 0 Å². The fourth-order valence-electron chi connectivity index (χ4n) is 2.98.